The van der Waals surface area contributed by atoms with Crippen molar-refractivity contribution in [1.29, 1.82) is 0 Å². The van der Waals surface area contributed by atoms with Crippen LogP contribution in [0.25, 0.3) is 0 Å². The van der Waals surface area contributed by atoms with Crippen LogP contribution < -0.4 is 5.11 Å². The normalized spacial score (nSPS) is 14.2. The summed E-state index contributed by atoms with van der Waals surface area (Å²) >= 11 is 0. The minimum atomic E-state index is -1.66. The molecule has 0 aliphatic heterocycles. The fraction of sp³-hybridized carbons (Fsp3) is 0.487. The van der Waals surface area contributed by atoms with Crippen molar-refractivity contribution < 1.29 is 42.9 Å². The molecule has 0 N–H and O–H groups in total. The number of carboxylic acids is 1. The van der Waals surface area contributed by atoms with Gasteiger partial charge in [-0.05, 0) is 154 Å². The fourth-order valence-electron chi connectivity index (χ4n) is 7.86. The van der Waals surface area contributed by atoms with Crippen molar-refractivity contribution in [1.82, 2.24) is 0 Å². The number of likely N-dealkylation sites (N-methyl/N-ethyl adjacent to an activating group) is 1. The number of nitrogens with zero attached hydrogens (tertiary/aromatic N) is 1. The third kappa shape index (κ3) is 68.7. The van der Waals surface area contributed by atoms with E-state index in [0.717, 1.165) is 148 Å². The number of hydrogen-bond acceptors (Lipinski definition) is 8. The molecule has 0 aliphatic carbocycles. The number of esters is 2. The second-order valence-electron chi connectivity index (χ2n) is 22.3. The molecule has 9 nitrogen and oxygen atoms in total. The number of unbranched alkanes of at least 4 members (excludes halogenated alkanes) is 5. The van der Waals surface area contributed by atoms with E-state index in [2.05, 4.69) is 245 Å². The smallest absolute Gasteiger partial charge is 0.306 e. The zero-order valence-corrected chi connectivity index (χ0v) is 55.9. The molecule has 0 saturated carbocycles. The van der Waals surface area contributed by atoms with Gasteiger partial charge in [0.05, 0.1) is 40.3 Å². The van der Waals surface area contributed by atoms with Crippen LogP contribution in [0.15, 0.2) is 231 Å². The van der Waals surface area contributed by atoms with E-state index in [4.69, 9.17) is 18.9 Å². The Labute approximate surface area is 542 Å². The molecule has 9 heteroatoms. The number of aliphatic carboxylic acids is 1. The highest BCUT2D eigenvalue weighted by molar-refractivity contribution is 5.70. The number of allylic oxidation sites excluding steroid dienone is 38. The number of carbonyl (C=O) groups is 3. The molecule has 0 aromatic rings. The van der Waals surface area contributed by atoms with Gasteiger partial charge >= 0.3 is 11.9 Å². The lowest BCUT2D eigenvalue weighted by atomic mass is 10.1. The Morgan fingerprint density at radius 3 is 0.921 bits per heavy atom. The lowest BCUT2D eigenvalue weighted by molar-refractivity contribution is -0.870. The van der Waals surface area contributed by atoms with E-state index in [-0.39, 0.29) is 32.7 Å². The van der Waals surface area contributed by atoms with Crippen molar-refractivity contribution in [3.05, 3.63) is 231 Å². The lowest BCUT2D eigenvalue weighted by Gasteiger charge is -2.26. The van der Waals surface area contributed by atoms with E-state index in [1.165, 1.54) is 0 Å². The summed E-state index contributed by atoms with van der Waals surface area (Å²) in [5.41, 5.74) is 0. The van der Waals surface area contributed by atoms with Crippen LogP contribution in [-0.2, 0) is 33.3 Å². The van der Waals surface area contributed by atoms with E-state index in [0.29, 0.717) is 30.3 Å². The Hall–Kier alpha value is -6.65. The second-order valence-corrected chi connectivity index (χ2v) is 22.3. The maximum absolute atomic E-state index is 12.9. The van der Waals surface area contributed by atoms with Gasteiger partial charge in [0.2, 0.25) is 0 Å². The van der Waals surface area contributed by atoms with Gasteiger partial charge in [-0.2, -0.15) is 0 Å². The average Bonchev–Trinajstić information content (AvgIpc) is 3.64. The molecule has 89 heavy (non-hydrogen) atoms. The van der Waals surface area contributed by atoms with E-state index < -0.39 is 30.3 Å². The van der Waals surface area contributed by atoms with Crippen LogP contribution in [-0.4, -0.2) is 82.3 Å². The molecular weight excluding hydrogens is 1100 g/mol. The molecule has 0 spiro atoms. The summed E-state index contributed by atoms with van der Waals surface area (Å²) in [5, 5.41) is 11.8. The lowest BCUT2D eigenvalue weighted by Crippen LogP contribution is -2.44. The number of hydrogen-bond donors (Lipinski definition) is 0. The summed E-state index contributed by atoms with van der Waals surface area (Å²) in [6.07, 6.45) is 105. The first-order chi connectivity index (χ1) is 43.6. The van der Waals surface area contributed by atoms with E-state index >= 15 is 0 Å². The van der Waals surface area contributed by atoms with Gasteiger partial charge in [-0.3, -0.25) is 9.59 Å². The van der Waals surface area contributed by atoms with Crippen molar-refractivity contribution in [3.63, 3.8) is 0 Å². The van der Waals surface area contributed by atoms with Crippen LogP contribution >= 0.6 is 0 Å². The van der Waals surface area contributed by atoms with Gasteiger partial charge in [0.15, 0.2) is 12.4 Å². The van der Waals surface area contributed by atoms with E-state index in [1.807, 2.05) is 21.1 Å². The quantitative estimate of drug-likeness (QED) is 0.0195. The molecule has 0 fully saturated rings. The van der Waals surface area contributed by atoms with Crippen LogP contribution in [0.3, 0.4) is 0 Å². The Balaban J connectivity index is 4.41. The molecule has 492 valence electrons. The number of carboxylic acid groups (broad SMARTS) is 1. The summed E-state index contributed by atoms with van der Waals surface area (Å²) in [7, 11) is 5.88. The van der Waals surface area contributed by atoms with E-state index in [9.17, 15) is 19.5 Å². The summed E-state index contributed by atoms with van der Waals surface area (Å²) in [5.74, 6) is -2.43. The minimum Gasteiger partial charge on any atom is -0.545 e. The van der Waals surface area contributed by atoms with Crippen LogP contribution in [0.1, 0.15) is 194 Å². The number of carbonyl (C=O) groups excluding carboxylic acids is 3. The molecule has 0 saturated heterocycles. The predicted molar refractivity (Wildman–Crippen MR) is 379 cm³/mol. The van der Waals surface area contributed by atoms with E-state index in [1.54, 1.807) is 0 Å². The van der Waals surface area contributed by atoms with Gasteiger partial charge in [0, 0.05) is 12.8 Å². The van der Waals surface area contributed by atoms with Crippen molar-refractivity contribution in [2.75, 3.05) is 47.5 Å². The van der Waals surface area contributed by atoms with Gasteiger partial charge in [0.25, 0.3) is 0 Å². The summed E-state index contributed by atoms with van der Waals surface area (Å²) < 4.78 is 22.6. The van der Waals surface area contributed by atoms with Crippen molar-refractivity contribution in [2.24, 2.45) is 0 Å². The molecule has 2 unspecified atom stereocenters. The minimum absolute atomic E-state index is 0.118. The predicted octanol–water partition coefficient (Wildman–Crippen LogP) is 19.8. The highest BCUT2D eigenvalue weighted by Crippen LogP contribution is 2.11. The summed E-state index contributed by atoms with van der Waals surface area (Å²) in [6, 6.07) is 0. The molecule has 0 heterocycles. The standard InChI is InChI=1S/C80H119NO8/c1-6-8-10-12-14-16-18-20-22-24-26-28-30-32-34-36-37-38-39-40-41-43-45-47-49-51-53-55-57-59-61-63-65-67-69-71-78(83)89-76(75-88-80(79(84)85)86-73-72-81(3,4)5)74-87-77(82)70-68-66-64-62-60-58-56-54-52-50-48-46-44-42-35-33-31-29-27-25-23-21-19-17-15-13-11-9-7-2/h8-11,14-17,20-23,26-29,32-35,37-38,40-41,44-47,50-53,56-59,62,64,76,80H,6-7,12-13,18-19,24-25,30-31,36,39,42-43,48-49,54-55,60-61,63,65-75H2,1-5H3/b10-8-,11-9-,16-14-,17-15-,22-20-,23-21-,28-26-,29-27-,34-32-,35-33-,38-37-,41-40-,46-44-,47-45-,52-50-,53-51-,58-56-,59-57-,64-62-. The number of ether oxygens (including phenoxy) is 4. The monoisotopic (exact) mass is 1220 g/mol. The van der Waals surface area contributed by atoms with Crippen molar-refractivity contribution >= 4 is 17.9 Å². The maximum Gasteiger partial charge on any atom is 0.306 e. The number of quaternary nitrogens is 1. The molecule has 2 atom stereocenters. The maximum atomic E-state index is 12.9. The largest absolute Gasteiger partial charge is 0.545 e. The Morgan fingerprint density at radius 1 is 0.337 bits per heavy atom. The number of rotatable bonds is 58. The van der Waals surface area contributed by atoms with Gasteiger partial charge in [-0.25, -0.2) is 0 Å². The first kappa shape index (κ1) is 82.4. The van der Waals surface area contributed by atoms with Gasteiger partial charge in [0.1, 0.15) is 13.2 Å². The zero-order chi connectivity index (χ0) is 64.7. The first-order valence-corrected chi connectivity index (χ1v) is 33.5. The van der Waals surface area contributed by atoms with Crippen LogP contribution in [0.2, 0.25) is 0 Å². The molecule has 0 bridgehead atoms. The molecule has 0 radical (unpaired) electrons. The van der Waals surface area contributed by atoms with Crippen molar-refractivity contribution in [2.45, 2.75) is 206 Å². The molecule has 0 aromatic heterocycles. The van der Waals surface area contributed by atoms with Crippen molar-refractivity contribution in [3.8, 4) is 0 Å². The second kappa shape index (κ2) is 67.3. The molecule has 0 aromatic carbocycles. The SMILES string of the molecule is CC/C=C\C/C=C\C/C=C\C/C=C\C/C=C\C/C=C\C/C=C\C/C=C\C/C=C\C/C=C\CCCCCCC(=O)OC(COC(=O)CCC/C=C\C/C=C\C/C=C\C/C=C\C/C=C\C/C=C\C/C=C\C/C=C\C/C=C\CC)COC(OCC[N+](C)(C)C)C(=O)[O-]. The van der Waals surface area contributed by atoms with Gasteiger partial charge in [-0.15, -0.1) is 0 Å². The average molecular weight is 1220 g/mol. The zero-order valence-electron chi connectivity index (χ0n) is 55.9. The van der Waals surface area contributed by atoms with Gasteiger partial charge < -0.3 is 33.3 Å². The topological polar surface area (TPSA) is 111 Å². The molecule has 0 aliphatic rings. The highest BCUT2D eigenvalue weighted by Gasteiger charge is 2.22. The molecular formula is C80H119NO8. The van der Waals surface area contributed by atoms with Crippen LogP contribution in [0.5, 0.6) is 0 Å². The first-order valence-electron chi connectivity index (χ1n) is 33.5. The summed E-state index contributed by atoms with van der Waals surface area (Å²) in [4.78, 5) is 37.4. The summed E-state index contributed by atoms with van der Waals surface area (Å²) in [6.45, 7) is 4.38. The Bertz CT molecular complexity index is 2310. The van der Waals surface area contributed by atoms with Crippen LogP contribution in [0.4, 0.5) is 0 Å². The molecule has 0 rings (SSSR count). The third-order valence-electron chi connectivity index (χ3n) is 12.9. The fourth-order valence-corrected chi connectivity index (χ4v) is 7.86. The Kier molecular flexibility index (Phi) is 62.3. The Morgan fingerprint density at radius 2 is 0.618 bits per heavy atom. The highest BCUT2D eigenvalue weighted by atomic mass is 16.7. The van der Waals surface area contributed by atoms with Crippen LogP contribution in [0, 0.1) is 0 Å². The third-order valence-corrected chi connectivity index (χ3v) is 12.9. The van der Waals surface area contributed by atoms with Gasteiger partial charge in [-0.1, -0.05) is 258 Å². The molecule has 0 amide bonds.